The van der Waals surface area contributed by atoms with E-state index in [0.717, 1.165) is 43.4 Å². The quantitative estimate of drug-likeness (QED) is 0.408. The van der Waals surface area contributed by atoms with Crippen molar-refractivity contribution < 1.29 is 22.7 Å². The Morgan fingerprint density at radius 3 is 2.62 bits per heavy atom. The average molecular weight is 548 g/mol. The molecule has 9 heteroatoms. The number of Topliss-reactive ketones (excluding diaryl/α,β-unsaturated/α-hetero) is 1. The van der Waals surface area contributed by atoms with E-state index in [9.17, 15) is 13.2 Å². The standard InChI is InChI=1S/C30H33N3O5S/c1-33-17-3-5-24(33)13-16-31-39(35,36)25-10-7-21(8-11-25)26-6-2-4-23(32-26)19-29(34)30(14-15-30)22-9-12-27-28(18-22)38-20-37-27/h2,4,6-12,18,24,31H,3,5,13-17,19-20H2,1H3. The molecule has 2 aromatic carbocycles. The highest BCUT2D eigenvalue weighted by molar-refractivity contribution is 7.89. The number of fused-ring (bicyclic) bond motifs is 1. The maximum absolute atomic E-state index is 13.4. The molecule has 1 saturated heterocycles. The fourth-order valence-corrected chi connectivity index (χ4v) is 6.76. The van der Waals surface area contributed by atoms with Crippen LogP contribution in [0.2, 0.25) is 0 Å². The van der Waals surface area contributed by atoms with Crippen LogP contribution in [0.1, 0.15) is 43.4 Å². The SMILES string of the molecule is CN1CCCC1CCNS(=O)(=O)c1ccc(-c2cccc(CC(=O)C3(c4ccc5c(c4)OCO5)CC3)n2)cc1. The van der Waals surface area contributed by atoms with Gasteiger partial charge in [-0.25, -0.2) is 13.1 Å². The molecule has 1 N–H and O–H groups in total. The van der Waals surface area contributed by atoms with Gasteiger partial charge in [0, 0.05) is 30.3 Å². The molecule has 1 aromatic heterocycles. The number of ketones is 1. The lowest BCUT2D eigenvalue weighted by molar-refractivity contribution is -0.120. The smallest absolute Gasteiger partial charge is 0.240 e. The molecule has 204 valence electrons. The first kappa shape index (κ1) is 26.0. The number of carbonyl (C=O) groups is 1. The highest BCUT2D eigenvalue weighted by Gasteiger charge is 2.51. The van der Waals surface area contributed by atoms with E-state index < -0.39 is 15.4 Å². The molecule has 0 amide bonds. The Kier molecular flexibility index (Phi) is 6.91. The van der Waals surface area contributed by atoms with Crippen LogP contribution >= 0.6 is 0 Å². The molecule has 3 heterocycles. The fourth-order valence-electron chi connectivity index (χ4n) is 5.71. The van der Waals surface area contributed by atoms with E-state index in [0.29, 0.717) is 35.5 Å². The van der Waals surface area contributed by atoms with Gasteiger partial charge in [-0.15, -0.1) is 0 Å². The molecule has 0 bridgehead atoms. The van der Waals surface area contributed by atoms with Crippen molar-refractivity contribution in [2.45, 2.75) is 54.9 Å². The Balaban J connectivity index is 1.11. The van der Waals surface area contributed by atoms with Crippen LogP contribution < -0.4 is 14.2 Å². The molecule has 8 nitrogen and oxygen atoms in total. The Morgan fingerprint density at radius 1 is 1.08 bits per heavy atom. The van der Waals surface area contributed by atoms with Crippen LogP contribution in [0.25, 0.3) is 11.3 Å². The Labute approximate surface area is 229 Å². The van der Waals surface area contributed by atoms with Crippen molar-refractivity contribution in [3.63, 3.8) is 0 Å². The molecule has 3 aromatic rings. The van der Waals surface area contributed by atoms with Gasteiger partial charge in [-0.05, 0) is 87.7 Å². The van der Waals surface area contributed by atoms with Gasteiger partial charge in [-0.2, -0.15) is 0 Å². The molecule has 3 aliphatic rings. The second kappa shape index (κ2) is 10.4. The first-order chi connectivity index (χ1) is 18.8. The van der Waals surface area contributed by atoms with E-state index in [-0.39, 0.29) is 23.9 Å². The summed E-state index contributed by atoms with van der Waals surface area (Å²) in [6, 6.07) is 18.6. The summed E-state index contributed by atoms with van der Waals surface area (Å²) >= 11 is 0. The summed E-state index contributed by atoms with van der Waals surface area (Å²) in [6.07, 6.45) is 4.94. The molecule has 6 rings (SSSR count). The highest BCUT2D eigenvalue weighted by Crippen LogP contribution is 2.51. The van der Waals surface area contributed by atoms with Gasteiger partial charge in [0.2, 0.25) is 16.8 Å². The zero-order valence-electron chi connectivity index (χ0n) is 22.1. The van der Waals surface area contributed by atoms with Crippen LogP contribution in [-0.2, 0) is 26.7 Å². The van der Waals surface area contributed by atoms with Crippen molar-refractivity contribution in [1.82, 2.24) is 14.6 Å². The van der Waals surface area contributed by atoms with Gasteiger partial charge >= 0.3 is 0 Å². The number of nitrogens with one attached hydrogen (secondary N) is 1. The topological polar surface area (TPSA) is 97.8 Å². The molecular formula is C30H33N3O5S. The van der Waals surface area contributed by atoms with E-state index in [1.807, 2.05) is 36.4 Å². The number of benzene rings is 2. The molecule has 39 heavy (non-hydrogen) atoms. The summed E-state index contributed by atoms with van der Waals surface area (Å²) in [5, 5.41) is 0. The van der Waals surface area contributed by atoms with Crippen LogP contribution in [0.15, 0.2) is 65.6 Å². The number of rotatable bonds is 10. The summed E-state index contributed by atoms with van der Waals surface area (Å²) < 4.78 is 39.2. The molecular weight excluding hydrogens is 514 g/mol. The zero-order valence-corrected chi connectivity index (χ0v) is 22.9. The van der Waals surface area contributed by atoms with Crippen molar-refractivity contribution in [3.05, 3.63) is 71.9 Å². The van der Waals surface area contributed by atoms with Crippen LogP contribution in [0, 0.1) is 0 Å². The van der Waals surface area contributed by atoms with Gasteiger partial charge in [-0.1, -0.05) is 24.3 Å². The fraction of sp³-hybridized carbons (Fsp3) is 0.400. The predicted octanol–water partition coefficient (Wildman–Crippen LogP) is 4.08. The first-order valence-electron chi connectivity index (χ1n) is 13.5. The van der Waals surface area contributed by atoms with E-state index in [1.54, 1.807) is 24.3 Å². The van der Waals surface area contributed by atoms with Gasteiger partial charge in [0.1, 0.15) is 5.78 Å². The van der Waals surface area contributed by atoms with Crippen LogP contribution in [0.5, 0.6) is 11.5 Å². The molecule has 2 aliphatic heterocycles. The number of carbonyl (C=O) groups excluding carboxylic acids is 1. The number of hydrogen-bond acceptors (Lipinski definition) is 7. The molecule has 2 fully saturated rings. The molecule has 0 radical (unpaired) electrons. The number of nitrogens with zero attached hydrogens (tertiary/aromatic N) is 2. The third-order valence-corrected chi connectivity index (χ3v) is 9.74. The maximum Gasteiger partial charge on any atom is 0.240 e. The number of sulfonamides is 1. The Bertz CT molecular complexity index is 1480. The van der Waals surface area contributed by atoms with E-state index in [1.165, 1.54) is 6.42 Å². The van der Waals surface area contributed by atoms with Crippen molar-refractivity contribution in [1.29, 1.82) is 0 Å². The lowest BCUT2D eigenvalue weighted by atomic mass is 9.88. The minimum Gasteiger partial charge on any atom is -0.454 e. The second-order valence-electron chi connectivity index (χ2n) is 10.8. The summed E-state index contributed by atoms with van der Waals surface area (Å²) in [5.74, 6) is 1.54. The number of likely N-dealkylation sites (tertiary alicyclic amines) is 1. The third-order valence-electron chi connectivity index (χ3n) is 8.26. The van der Waals surface area contributed by atoms with Crippen molar-refractivity contribution in [2.24, 2.45) is 0 Å². The second-order valence-corrected chi connectivity index (χ2v) is 12.5. The summed E-state index contributed by atoms with van der Waals surface area (Å²) in [4.78, 5) is 20.7. The van der Waals surface area contributed by atoms with E-state index >= 15 is 0 Å². The lowest BCUT2D eigenvalue weighted by Gasteiger charge is -2.19. The highest BCUT2D eigenvalue weighted by atomic mass is 32.2. The van der Waals surface area contributed by atoms with E-state index in [2.05, 4.69) is 16.7 Å². The van der Waals surface area contributed by atoms with Gasteiger partial charge in [0.15, 0.2) is 11.5 Å². The van der Waals surface area contributed by atoms with Crippen LogP contribution in [-0.4, -0.2) is 57.1 Å². The van der Waals surface area contributed by atoms with Crippen molar-refractivity contribution in [2.75, 3.05) is 26.9 Å². The number of aromatic nitrogens is 1. The normalized spacial score (nSPS) is 19.8. The molecule has 0 spiro atoms. The van der Waals surface area contributed by atoms with Gasteiger partial charge in [0.05, 0.1) is 16.0 Å². The number of hydrogen-bond donors (Lipinski definition) is 1. The third kappa shape index (κ3) is 5.31. The average Bonchev–Trinajstić information content (AvgIpc) is 3.45. The molecule has 1 atom stereocenters. The minimum absolute atomic E-state index is 0.141. The maximum atomic E-state index is 13.4. The first-order valence-corrected chi connectivity index (χ1v) is 15.0. The summed E-state index contributed by atoms with van der Waals surface area (Å²) in [5.41, 5.74) is 2.67. The van der Waals surface area contributed by atoms with Crippen molar-refractivity contribution >= 4 is 15.8 Å². The molecule has 1 saturated carbocycles. The summed E-state index contributed by atoms with van der Waals surface area (Å²) in [7, 11) is -1.49. The van der Waals surface area contributed by atoms with Gasteiger partial charge < -0.3 is 14.4 Å². The largest absolute Gasteiger partial charge is 0.454 e. The molecule has 1 unspecified atom stereocenters. The lowest BCUT2D eigenvalue weighted by Crippen LogP contribution is -2.31. The summed E-state index contributed by atoms with van der Waals surface area (Å²) in [6.45, 7) is 1.70. The Hall–Kier alpha value is -3.27. The minimum atomic E-state index is -3.58. The van der Waals surface area contributed by atoms with E-state index in [4.69, 9.17) is 14.5 Å². The monoisotopic (exact) mass is 547 g/mol. The predicted molar refractivity (Wildman–Crippen MR) is 147 cm³/mol. The van der Waals surface area contributed by atoms with Gasteiger partial charge in [0.25, 0.3) is 0 Å². The number of pyridine rings is 1. The zero-order chi connectivity index (χ0) is 27.0. The van der Waals surface area contributed by atoms with Crippen LogP contribution in [0.4, 0.5) is 0 Å². The molecule has 1 aliphatic carbocycles. The van der Waals surface area contributed by atoms with Crippen LogP contribution in [0.3, 0.4) is 0 Å². The number of ether oxygens (including phenoxy) is 2. The van der Waals surface area contributed by atoms with Gasteiger partial charge in [-0.3, -0.25) is 9.78 Å². The Morgan fingerprint density at radius 2 is 1.87 bits per heavy atom. The van der Waals surface area contributed by atoms with Crippen molar-refractivity contribution in [3.8, 4) is 22.8 Å².